The van der Waals surface area contributed by atoms with Crippen molar-refractivity contribution < 1.29 is 9.84 Å². The highest BCUT2D eigenvalue weighted by Crippen LogP contribution is 2.27. The van der Waals surface area contributed by atoms with Gasteiger partial charge in [-0.25, -0.2) is 0 Å². The lowest BCUT2D eigenvalue weighted by molar-refractivity contribution is 0.0553. The van der Waals surface area contributed by atoms with Gasteiger partial charge in [0.1, 0.15) is 11.3 Å². The Morgan fingerprint density at radius 2 is 2.38 bits per heavy atom. The Labute approximate surface area is 77.1 Å². The third-order valence-corrected chi connectivity index (χ3v) is 2.03. The molecule has 0 radical (unpaired) electrons. The van der Waals surface area contributed by atoms with Crippen molar-refractivity contribution >= 4 is 0 Å². The topological polar surface area (TPSA) is 73.3 Å². The van der Waals surface area contributed by atoms with Gasteiger partial charge in [-0.3, -0.25) is 4.68 Å². The second kappa shape index (κ2) is 3.35. The minimum Gasteiger partial charge on any atom is -0.493 e. The van der Waals surface area contributed by atoms with Gasteiger partial charge in [-0.2, -0.15) is 5.10 Å². The highest BCUT2D eigenvalue weighted by molar-refractivity contribution is 5.30. The number of aryl methyl sites for hydroxylation is 1. The maximum atomic E-state index is 9.91. The molecule has 5 nitrogen and oxygen atoms in total. The molecule has 0 saturated carbocycles. The van der Waals surface area contributed by atoms with Crippen molar-refractivity contribution in [2.45, 2.75) is 12.5 Å². The van der Waals surface area contributed by atoms with E-state index in [1.807, 2.05) is 0 Å². The van der Waals surface area contributed by atoms with Crippen LogP contribution < -0.4 is 10.5 Å². The molecule has 0 amide bonds. The molecule has 3 N–H and O–H groups in total. The van der Waals surface area contributed by atoms with Crippen LogP contribution in [0.25, 0.3) is 0 Å². The van der Waals surface area contributed by atoms with Gasteiger partial charge in [0, 0.05) is 13.6 Å². The number of rotatable bonds is 3. The molecule has 1 rings (SSSR count). The predicted octanol–water partition coefficient (Wildman–Crippen LogP) is -0.405. The molecule has 1 unspecified atom stereocenters. The molecule has 5 heteroatoms. The fraction of sp³-hybridized carbons (Fsp3) is 0.625. The number of aliphatic hydroxyl groups is 1. The molecule has 0 saturated heterocycles. The zero-order valence-electron chi connectivity index (χ0n) is 8.11. The Morgan fingerprint density at radius 1 is 1.77 bits per heavy atom. The summed E-state index contributed by atoms with van der Waals surface area (Å²) in [6.45, 7) is 1.76. The molecule has 0 fully saturated rings. The summed E-state index contributed by atoms with van der Waals surface area (Å²) in [4.78, 5) is 0. The number of methoxy groups -OCH3 is 1. The van der Waals surface area contributed by atoms with Crippen molar-refractivity contribution in [3.05, 3.63) is 11.9 Å². The van der Waals surface area contributed by atoms with Gasteiger partial charge in [0.15, 0.2) is 5.75 Å². The van der Waals surface area contributed by atoms with Crippen LogP contribution in [0.2, 0.25) is 0 Å². The van der Waals surface area contributed by atoms with Crippen LogP contribution in [0, 0.1) is 0 Å². The first kappa shape index (κ1) is 10.0. The van der Waals surface area contributed by atoms with Crippen LogP contribution >= 0.6 is 0 Å². The van der Waals surface area contributed by atoms with E-state index in [1.165, 1.54) is 7.11 Å². The molecule has 1 atom stereocenters. The van der Waals surface area contributed by atoms with E-state index in [0.717, 1.165) is 0 Å². The van der Waals surface area contributed by atoms with Crippen molar-refractivity contribution in [3.8, 4) is 5.75 Å². The molecular formula is C8H15N3O2. The van der Waals surface area contributed by atoms with Crippen molar-refractivity contribution in [2.75, 3.05) is 13.7 Å². The van der Waals surface area contributed by atoms with E-state index in [9.17, 15) is 5.11 Å². The van der Waals surface area contributed by atoms with Crippen LogP contribution in [0.1, 0.15) is 12.6 Å². The maximum absolute atomic E-state index is 9.91. The van der Waals surface area contributed by atoms with Crippen LogP contribution in [0.3, 0.4) is 0 Å². The quantitative estimate of drug-likeness (QED) is 0.671. The van der Waals surface area contributed by atoms with E-state index in [4.69, 9.17) is 10.5 Å². The lowest BCUT2D eigenvalue weighted by Crippen LogP contribution is -2.33. The highest BCUT2D eigenvalue weighted by Gasteiger charge is 2.29. The maximum Gasteiger partial charge on any atom is 0.162 e. The van der Waals surface area contributed by atoms with E-state index in [0.29, 0.717) is 11.4 Å². The van der Waals surface area contributed by atoms with Gasteiger partial charge in [0.2, 0.25) is 0 Å². The molecule has 0 aromatic carbocycles. The first-order chi connectivity index (χ1) is 6.03. The average Bonchev–Trinajstić information content (AvgIpc) is 2.47. The monoisotopic (exact) mass is 185 g/mol. The van der Waals surface area contributed by atoms with Crippen molar-refractivity contribution in [2.24, 2.45) is 12.8 Å². The van der Waals surface area contributed by atoms with Crippen molar-refractivity contribution in [3.63, 3.8) is 0 Å². The summed E-state index contributed by atoms with van der Waals surface area (Å²) >= 11 is 0. The minimum absolute atomic E-state index is 0.128. The summed E-state index contributed by atoms with van der Waals surface area (Å²) in [5.74, 6) is 0.554. The van der Waals surface area contributed by atoms with Crippen LogP contribution in [0.4, 0.5) is 0 Å². The second-order valence-corrected chi connectivity index (χ2v) is 3.16. The number of aromatic nitrogens is 2. The number of hydrogen-bond acceptors (Lipinski definition) is 4. The molecule has 0 bridgehead atoms. The van der Waals surface area contributed by atoms with E-state index < -0.39 is 5.60 Å². The summed E-state index contributed by atoms with van der Waals surface area (Å²) in [5, 5.41) is 13.9. The molecule has 1 aromatic heterocycles. The van der Waals surface area contributed by atoms with Crippen LogP contribution in [0.5, 0.6) is 5.75 Å². The Kier molecular flexibility index (Phi) is 2.58. The SMILES string of the molecule is COc1cnn(C)c1C(C)(O)CN. The van der Waals surface area contributed by atoms with Gasteiger partial charge >= 0.3 is 0 Å². The van der Waals surface area contributed by atoms with Gasteiger partial charge in [-0.1, -0.05) is 0 Å². The Balaban J connectivity index is 3.18. The van der Waals surface area contributed by atoms with Crippen molar-refractivity contribution in [1.29, 1.82) is 0 Å². The number of ether oxygens (including phenoxy) is 1. The molecule has 1 aromatic rings. The van der Waals surface area contributed by atoms with E-state index in [2.05, 4.69) is 5.10 Å². The fourth-order valence-electron chi connectivity index (χ4n) is 1.28. The fourth-order valence-corrected chi connectivity index (χ4v) is 1.28. The molecule has 0 aliphatic heterocycles. The van der Waals surface area contributed by atoms with E-state index in [1.54, 1.807) is 24.9 Å². The molecule has 1 heterocycles. The standard InChI is InChI=1S/C8H15N3O2/c1-8(12,5-9)7-6(13-3)4-10-11(7)2/h4,12H,5,9H2,1-3H3. The number of nitrogens with two attached hydrogens (primary N) is 1. The molecule has 0 aliphatic rings. The Bertz CT molecular complexity index is 294. The molecule has 0 spiro atoms. The minimum atomic E-state index is -1.10. The van der Waals surface area contributed by atoms with Crippen LogP contribution in [0.15, 0.2) is 6.20 Å². The summed E-state index contributed by atoms with van der Waals surface area (Å²) in [6, 6.07) is 0. The largest absolute Gasteiger partial charge is 0.493 e. The lowest BCUT2D eigenvalue weighted by atomic mass is 10.0. The summed E-state index contributed by atoms with van der Waals surface area (Å²) in [5.41, 5.74) is 4.94. The summed E-state index contributed by atoms with van der Waals surface area (Å²) in [7, 11) is 3.27. The second-order valence-electron chi connectivity index (χ2n) is 3.16. The summed E-state index contributed by atoms with van der Waals surface area (Å²) < 4.78 is 6.62. The van der Waals surface area contributed by atoms with Gasteiger partial charge in [-0.05, 0) is 6.92 Å². The normalized spacial score (nSPS) is 15.5. The van der Waals surface area contributed by atoms with Gasteiger partial charge in [0.05, 0.1) is 13.3 Å². The van der Waals surface area contributed by atoms with E-state index in [-0.39, 0.29) is 6.54 Å². The van der Waals surface area contributed by atoms with Gasteiger partial charge in [-0.15, -0.1) is 0 Å². The summed E-state index contributed by atoms with van der Waals surface area (Å²) in [6.07, 6.45) is 1.56. The zero-order valence-corrected chi connectivity index (χ0v) is 8.11. The smallest absolute Gasteiger partial charge is 0.162 e. The zero-order chi connectivity index (χ0) is 10.1. The predicted molar refractivity (Wildman–Crippen MR) is 48.4 cm³/mol. The third kappa shape index (κ3) is 1.66. The Hall–Kier alpha value is -1.07. The number of hydrogen-bond donors (Lipinski definition) is 2. The van der Waals surface area contributed by atoms with Crippen LogP contribution in [-0.2, 0) is 12.6 Å². The van der Waals surface area contributed by atoms with E-state index >= 15 is 0 Å². The lowest BCUT2D eigenvalue weighted by Gasteiger charge is -2.22. The molecular weight excluding hydrogens is 170 g/mol. The first-order valence-electron chi connectivity index (χ1n) is 4.02. The van der Waals surface area contributed by atoms with Gasteiger partial charge < -0.3 is 15.6 Å². The highest BCUT2D eigenvalue weighted by atomic mass is 16.5. The Morgan fingerprint density at radius 3 is 2.85 bits per heavy atom. The number of nitrogens with zero attached hydrogens (tertiary/aromatic N) is 2. The van der Waals surface area contributed by atoms with Crippen LogP contribution in [-0.4, -0.2) is 28.5 Å². The molecule has 0 aliphatic carbocycles. The average molecular weight is 185 g/mol. The van der Waals surface area contributed by atoms with Gasteiger partial charge in [0.25, 0.3) is 0 Å². The first-order valence-corrected chi connectivity index (χ1v) is 4.02. The molecule has 74 valence electrons. The van der Waals surface area contributed by atoms with Crippen molar-refractivity contribution in [1.82, 2.24) is 9.78 Å². The third-order valence-electron chi connectivity index (χ3n) is 2.03. The molecule has 13 heavy (non-hydrogen) atoms.